The Bertz CT molecular complexity index is 627. The minimum absolute atomic E-state index is 0.0699. The molecule has 0 spiro atoms. The van der Waals surface area contributed by atoms with E-state index in [1.165, 1.54) is 0 Å². The fourth-order valence-corrected chi connectivity index (χ4v) is 2.28. The molecule has 0 bridgehead atoms. The predicted molar refractivity (Wildman–Crippen MR) is 79.4 cm³/mol. The van der Waals surface area contributed by atoms with Gasteiger partial charge in [-0.2, -0.15) is 0 Å². The van der Waals surface area contributed by atoms with Crippen molar-refractivity contribution in [2.75, 3.05) is 6.61 Å². The molecule has 0 radical (unpaired) electrons. The van der Waals surface area contributed by atoms with Crippen molar-refractivity contribution in [3.8, 4) is 11.5 Å². The van der Waals surface area contributed by atoms with Crippen LogP contribution in [0.25, 0.3) is 0 Å². The Hall–Kier alpha value is -2.49. The highest BCUT2D eigenvalue weighted by atomic mass is 16.6. The van der Waals surface area contributed by atoms with Crippen LogP contribution < -0.4 is 14.8 Å². The van der Waals surface area contributed by atoms with E-state index in [-0.39, 0.29) is 18.6 Å². The summed E-state index contributed by atoms with van der Waals surface area (Å²) in [6.45, 7) is 2.18. The second kappa shape index (κ2) is 5.87. The first-order valence-corrected chi connectivity index (χ1v) is 6.98. The van der Waals surface area contributed by atoms with E-state index in [2.05, 4.69) is 5.32 Å². The van der Waals surface area contributed by atoms with E-state index < -0.39 is 6.10 Å². The number of nitrogens with one attached hydrogen (secondary N) is 1. The largest absolute Gasteiger partial charge is 0.485 e. The van der Waals surface area contributed by atoms with Gasteiger partial charge in [-0.15, -0.1) is 0 Å². The van der Waals surface area contributed by atoms with Crippen molar-refractivity contribution in [3.63, 3.8) is 0 Å². The number of carbonyl (C=O) groups is 1. The lowest BCUT2D eigenvalue weighted by Gasteiger charge is -2.26. The molecule has 0 aromatic heterocycles. The van der Waals surface area contributed by atoms with Crippen molar-refractivity contribution in [2.45, 2.75) is 19.1 Å². The summed E-state index contributed by atoms with van der Waals surface area (Å²) in [4.78, 5) is 12.3. The number of hydrogen-bond donors (Lipinski definition) is 1. The Kier molecular flexibility index (Phi) is 3.77. The summed E-state index contributed by atoms with van der Waals surface area (Å²) in [6, 6.07) is 17.1. The molecule has 0 unspecified atom stereocenters. The van der Waals surface area contributed by atoms with Crippen molar-refractivity contribution in [2.24, 2.45) is 0 Å². The van der Waals surface area contributed by atoms with Crippen molar-refractivity contribution >= 4 is 5.91 Å². The monoisotopic (exact) mass is 283 g/mol. The Morgan fingerprint density at radius 3 is 2.52 bits per heavy atom. The molecule has 4 heteroatoms. The van der Waals surface area contributed by atoms with Gasteiger partial charge in [-0.05, 0) is 24.6 Å². The number of hydrogen-bond acceptors (Lipinski definition) is 3. The van der Waals surface area contributed by atoms with Gasteiger partial charge in [0.2, 0.25) is 6.10 Å². The second-order valence-corrected chi connectivity index (χ2v) is 5.01. The second-order valence-electron chi connectivity index (χ2n) is 5.01. The number of ether oxygens (including phenoxy) is 2. The average Bonchev–Trinajstić information content (AvgIpc) is 2.55. The zero-order valence-corrected chi connectivity index (χ0v) is 11.8. The molecular formula is C17H17NO3. The van der Waals surface area contributed by atoms with Gasteiger partial charge in [0.25, 0.3) is 5.91 Å². The van der Waals surface area contributed by atoms with Gasteiger partial charge in [-0.25, -0.2) is 0 Å². The lowest BCUT2D eigenvalue weighted by Crippen LogP contribution is -2.44. The topological polar surface area (TPSA) is 47.6 Å². The first-order valence-electron chi connectivity index (χ1n) is 6.98. The van der Waals surface area contributed by atoms with E-state index in [9.17, 15) is 4.79 Å². The predicted octanol–water partition coefficient (Wildman–Crippen LogP) is 2.70. The highest BCUT2D eigenvalue weighted by molar-refractivity contribution is 5.82. The zero-order valence-electron chi connectivity index (χ0n) is 11.8. The van der Waals surface area contributed by atoms with Crippen LogP contribution in [0.2, 0.25) is 0 Å². The molecule has 0 aliphatic carbocycles. The van der Waals surface area contributed by atoms with Gasteiger partial charge in [0.05, 0.1) is 6.04 Å². The van der Waals surface area contributed by atoms with E-state index in [4.69, 9.17) is 9.47 Å². The van der Waals surface area contributed by atoms with Crippen LogP contribution in [0.15, 0.2) is 54.6 Å². The van der Waals surface area contributed by atoms with E-state index in [0.717, 1.165) is 5.56 Å². The zero-order chi connectivity index (χ0) is 14.7. The number of carbonyl (C=O) groups excluding carboxylic acids is 1. The molecule has 1 amide bonds. The van der Waals surface area contributed by atoms with Crippen LogP contribution in [-0.2, 0) is 4.79 Å². The van der Waals surface area contributed by atoms with Gasteiger partial charge in [-0.3, -0.25) is 4.79 Å². The number of para-hydroxylation sites is 2. The Balaban J connectivity index is 1.65. The molecule has 21 heavy (non-hydrogen) atoms. The number of fused-ring (bicyclic) bond motifs is 1. The third-order valence-electron chi connectivity index (χ3n) is 3.46. The molecular weight excluding hydrogens is 266 g/mol. The summed E-state index contributed by atoms with van der Waals surface area (Å²) in [5, 5.41) is 2.95. The fraction of sp³-hybridized carbons (Fsp3) is 0.235. The SMILES string of the molecule is C[C@H](NC(=O)[C@H]1COc2ccccc2O1)c1ccccc1. The summed E-state index contributed by atoms with van der Waals surface area (Å²) in [5.74, 6) is 1.12. The third kappa shape index (κ3) is 2.99. The summed E-state index contributed by atoms with van der Waals surface area (Å²) in [6.07, 6.45) is -0.619. The van der Waals surface area contributed by atoms with Crippen LogP contribution >= 0.6 is 0 Å². The highest BCUT2D eigenvalue weighted by Gasteiger charge is 2.28. The Morgan fingerprint density at radius 2 is 1.76 bits per heavy atom. The maximum Gasteiger partial charge on any atom is 0.265 e. The van der Waals surface area contributed by atoms with Crippen LogP contribution in [0.3, 0.4) is 0 Å². The van der Waals surface area contributed by atoms with Gasteiger partial charge in [0, 0.05) is 0 Å². The van der Waals surface area contributed by atoms with Crippen molar-refractivity contribution in [1.29, 1.82) is 0 Å². The normalized spacial score (nSPS) is 17.9. The maximum atomic E-state index is 12.3. The van der Waals surface area contributed by atoms with E-state index in [1.54, 1.807) is 6.07 Å². The molecule has 108 valence electrons. The van der Waals surface area contributed by atoms with Gasteiger partial charge in [-0.1, -0.05) is 42.5 Å². The molecule has 2 atom stereocenters. The molecule has 0 saturated carbocycles. The summed E-state index contributed by atoms with van der Waals surface area (Å²) in [5.41, 5.74) is 1.06. The molecule has 1 aliphatic rings. The van der Waals surface area contributed by atoms with Crippen molar-refractivity contribution < 1.29 is 14.3 Å². The van der Waals surface area contributed by atoms with Crippen LogP contribution in [-0.4, -0.2) is 18.6 Å². The van der Waals surface area contributed by atoms with Crippen LogP contribution in [0.5, 0.6) is 11.5 Å². The summed E-state index contributed by atoms with van der Waals surface area (Å²) < 4.78 is 11.3. The summed E-state index contributed by atoms with van der Waals surface area (Å²) >= 11 is 0. The van der Waals surface area contributed by atoms with Gasteiger partial charge in [0.15, 0.2) is 11.5 Å². The molecule has 0 saturated heterocycles. The van der Waals surface area contributed by atoms with Crippen LogP contribution in [0, 0.1) is 0 Å². The molecule has 1 heterocycles. The molecule has 2 aromatic rings. The Labute approximate surface area is 123 Å². The number of benzene rings is 2. The van der Waals surface area contributed by atoms with E-state index in [0.29, 0.717) is 11.5 Å². The standard InChI is InChI=1S/C17H17NO3/c1-12(13-7-3-2-4-8-13)18-17(19)16-11-20-14-9-5-6-10-15(14)21-16/h2-10,12,16H,11H2,1H3,(H,18,19)/t12-,16+/m0/s1. The van der Waals surface area contributed by atoms with E-state index in [1.807, 2.05) is 55.5 Å². The van der Waals surface area contributed by atoms with Crippen LogP contribution in [0.1, 0.15) is 18.5 Å². The fourth-order valence-electron chi connectivity index (χ4n) is 2.28. The van der Waals surface area contributed by atoms with Crippen molar-refractivity contribution in [1.82, 2.24) is 5.32 Å². The Morgan fingerprint density at radius 1 is 1.10 bits per heavy atom. The molecule has 1 N–H and O–H groups in total. The lowest BCUT2D eigenvalue weighted by molar-refractivity contribution is -0.131. The van der Waals surface area contributed by atoms with Gasteiger partial charge < -0.3 is 14.8 Å². The first kappa shape index (κ1) is 13.5. The van der Waals surface area contributed by atoms with E-state index >= 15 is 0 Å². The van der Waals surface area contributed by atoms with Gasteiger partial charge >= 0.3 is 0 Å². The smallest absolute Gasteiger partial charge is 0.265 e. The molecule has 4 nitrogen and oxygen atoms in total. The minimum Gasteiger partial charge on any atom is -0.485 e. The maximum absolute atomic E-state index is 12.3. The van der Waals surface area contributed by atoms with Gasteiger partial charge in [0.1, 0.15) is 6.61 Å². The summed E-state index contributed by atoms with van der Waals surface area (Å²) in [7, 11) is 0. The average molecular weight is 283 g/mol. The third-order valence-corrected chi connectivity index (χ3v) is 3.46. The molecule has 2 aromatic carbocycles. The van der Waals surface area contributed by atoms with Crippen LogP contribution in [0.4, 0.5) is 0 Å². The quantitative estimate of drug-likeness (QED) is 0.942. The molecule has 0 fully saturated rings. The number of rotatable bonds is 3. The number of amides is 1. The molecule has 1 aliphatic heterocycles. The lowest BCUT2D eigenvalue weighted by atomic mass is 10.1. The minimum atomic E-state index is -0.619. The van der Waals surface area contributed by atoms with Crippen molar-refractivity contribution in [3.05, 3.63) is 60.2 Å². The molecule has 3 rings (SSSR count). The first-order chi connectivity index (χ1) is 10.2. The highest BCUT2D eigenvalue weighted by Crippen LogP contribution is 2.31.